The lowest BCUT2D eigenvalue weighted by Crippen LogP contribution is -2.41. The van der Waals surface area contributed by atoms with Crippen molar-refractivity contribution < 1.29 is 14.6 Å². The zero-order valence-electron chi connectivity index (χ0n) is 15.9. The van der Waals surface area contributed by atoms with E-state index in [1.165, 1.54) is 0 Å². The number of carbonyl (C=O) groups excluding carboxylic acids is 1. The number of anilines is 1. The fraction of sp³-hybridized carbons (Fsp3) is 0.208. The predicted octanol–water partition coefficient (Wildman–Crippen LogP) is 4.36. The molecular weight excluding hydrogens is 350 g/mol. The van der Waals surface area contributed by atoms with Gasteiger partial charge in [0.25, 0.3) is 0 Å². The van der Waals surface area contributed by atoms with E-state index in [-0.39, 0.29) is 6.61 Å². The fourth-order valence-electron chi connectivity index (χ4n) is 3.29. The van der Waals surface area contributed by atoms with Crippen molar-refractivity contribution in [1.29, 1.82) is 0 Å². The van der Waals surface area contributed by atoms with Crippen molar-refractivity contribution in [3.05, 3.63) is 102 Å². The van der Waals surface area contributed by atoms with Gasteiger partial charge in [-0.1, -0.05) is 78.9 Å². The minimum Gasteiger partial charge on any atom is -0.464 e. The molecule has 0 aliphatic heterocycles. The first-order chi connectivity index (χ1) is 13.7. The highest BCUT2D eigenvalue weighted by Gasteiger charge is 2.34. The zero-order valence-corrected chi connectivity index (χ0v) is 15.9. The van der Waals surface area contributed by atoms with E-state index >= 15 is 0 Å². The molecule has 0 bridgehead atoms. The number of esters is 1. The summed E-state index contributed by atoms with van der Waals surface area (Å²) in [6.07, 6.45) is -1.31. The molecule has 28 heavy (non-hydrogen) atoms. The van der Waals surface area contributed by atoms with Crippen molar-refractivity contribution in [2.45, 2.75) is 25.6 Å². The first kappa shape index (κ1) is 19.6. The van der Waals surface area contributed by atoms with Gasteiger partial charge in [0.2, 0.25) is 0 Å². The summed E-state index contributed by atoms with van der Waals surface area (Å²) in [6, 6.07) is 28.8. The quantitative estimate of drug-likeness (QED) is 0.595. The molecule has 0 amide bonds. The van der Waals surface area contributed by atoms with E-state index in [2.05, 4.69) is 0 Å². The third kappa shape index (κ3) is 4.78. The van der Waals surface area contributed by atoms with Gasteiger partial charge in [0.15, 0.2) is 6.10 Å². The third-order valence-electron chi connectivity index (χ3n) is 4.59. The maximum Gasteiger partial charge on any atom is 0.337 e. The summed E-state index contributed by atoms with van der Waals surface area (Å²) in [6.45, 7) is 2.50. The lowest BCUT2D eigenvalue weighted by Gasteiger charge is -2.36. The Labute approximate surface area is 166 Å². The van der Waals surface area contributed by atoms with Crippen LogP contribution in [0.4, 0.5) is 5.69 Å². The molecule has 3 aromatic rings. The second kappa shape index (κ2) is 9.72. The van der Waals surface area contributed by atoms with E-state index in [0.29, 0.717) is 6.54 Å². The van der Waals surface area contributed by atoms with Crippen molar-refractivity contribution in [3.63, 3.8) is 0 Å². The molecule has 4 nitrogen and oxygen atoms in total. The first-order valence-corrected chi connectivity index (χ1v) is 9.46. The summed E-state index contributed by atoms with van der Waals surface area (Å²) in [5.41, 5.74) is 2.86. The number of ether oxygens (including phenoxy) is 1. The van der Waals surface area contributed by atoms with Crippen LogP contribution in [-0.2, 0) is 16.1 Å². The summed E-state index contributed by atoms with van der Waals surface area (Å²) in [7, 11) is 0. The van der Waals surface area contributed by atoms with Gasteiger partial charge in [0.1, 0.15) is 0 Å². The maximum absolute atomic E-state index is 12.4. The average molecular weight is 375 g/mol. The van der Waals surface area contributed by atoms with Gasteiger partial charge in [0.05, 0.1) is 12.6 Å². The van der Waals surface area contributed by atoms with Crippen molar-refractivity contribution in [1.82, 2.24) is 0 Å². The monoisotopic (exact) mass is 375 g/mol. The van der Waals surface area contributed by atoms with Gasteiger partial charge in [-0.3, -0.25) is 0 Å². The Bertz CT molecular complexity index is 853. The Morgan fingerprint density at radius 1 is 0.893 bits per heavy atom. The number of aliphatic hydroxyl groups excluding tert-OH is 1. The lowest BCUT2D eigenvalue weighted by molar-refractivity contribution is -0.154. The molecule has 0 aliphatic rings. The van der Waals surface area contributed by atoms with E-state index in [1.807, 2.05) is 95.9 Å². The SMILES string of the molecule is CCOC(=O)[C@H](O)[C@@H](c1ccccc1)N(Cc1ccccc1)c1ccccc1. The van der Waals surface area contributed by atoms with Gasteiger partial charge in [-0.05, 0) is 30.2 Å². The smallest absolute Gasteiger partial charge is 0.337 e. The Hall–Kier alpha value is -3.11. The topological polar surface area (TPSA) is 49.8 Å². The number of benzene rings is 3. The molecule has 0 unspecified atom stereocenters. The Morgan fingerprint density at radius 2 is 1.43 bits per heavy atom. The Kier molecular flexibility index (Phi) is 6.82. The van der Waals surface area contributed by atoms with Crippen molar-refractivity contribution in [2.24, 2.45) is 0 Å². The van der Waals surface area contributed by atoms with Crippen LogP contribution in [0.1, 0.15) is 24.1 Å². The van der Waals surface area contributed by atoms with Gasteiger partial charge in [-0.2, -0.15) is 0 Å². The molecule has 0 saturated heterocycles. The molecule has 3 rings (SSSR count). The molecule has 0 saturated carbocycles. The minimum atomic E-state index is -1.31. The first-order valence-electron chi connectivity index (χ1n) is 9.46. The predicted molar refractivity (Wildman–Crippen MR) is 111 cm³/mol. The molecule has 2 atom stereocenters. The van der Waals surface area contributed by atoms with Crippen LogP contribution in [0.5, 0.6) is 0 Å². The van der Waals surface area contributed by atoms with Gasteiger partial charge in [-0.15, -0.1) is 0 Å². The molecule has 0 radical (unpaired) electrons. The molecule has 0 spiro atoms. The molecule has 144 valence electrons. The van der Waals surface area contributed by atoms with Crippen molar-refractivity contribution >= 4 is 11.7 Å². The van der Waals surface area contributed by atoms with E-state index < -0.39 is 18.1 Å². The van der Waals surface area contributed by atoms with Gasteiger partial charge in [-0.25, -0.2) is 4.79 Å². The fourth-order valence-corrected chi connectivity index (χ4v) is 3.29. The second-order valence-corrected chi connectivity index (χ2v) is 6.50. The second-order valence-electron chi connectivity index (χ2n) is 6.50. The molecule has 1 N–H and O–H groups in total. The third-order valence-corrected chi connectivity index (χ3v) is 4.59. The number of carbonyl (C=O) groups is 1. The normalized spacial score (nSPS) is 12.8. The Morgan fingerprint density at radius 3 is 2.00 bits per heavy atom. The lowest BCUT2D eigenvalue weighted by atomic mass is 9.97. The number of rotatable bonds is 8. The average Bonchev–Trinajstić information content (AvgIpc) is 2.75. The van der Waals surface area contributed by atoms with Crippen LogP contribution in [0.15, 0.2) is 91.0 Å². The largest absolute Gasteiger partial charge is 0.464 e. The van der Waals surface area contributed by atoms with E-state index in [1.54, 1.807) is 6.92 Å². The van der Waals surface area contributed by atoms with Crippen LogP contribution in [-0.4, -0.2) is 23.8 Å². The van der Waals surface area contributed by atoms with Crippen LogP contribution in [0, 0.1) is 0 Å². The van der Waals surface area contributed by atoms with Crippen LogP contribution in [0.2, 0.25) is 0 Å². The summed E-state index contributed by atoms with van der Waals surface area (Å²) in [5, 5.41) is 11.0. The molecule has 0 aliphatic carbocycles. The number of nitrogens with zero attached hydrogens (tertiary/aromatic N) is 1. The van der Waals surface area contributed by atoms with Gasteiger partial charge >= 0.3 is 5.97 Å². The van der Waals surface area contributed by atoms with Crippen molar-refractivity contribution in [3.8, 4) is 0 Å². The molecule has 4 heteroatoms. The number of para-hydroxylation sites is 1. The molecule has 0 aromatic heterocycles. The summed E-state index contributed by atoms with van der Waals surface area (Å²) in [5.74, 6) is -0.620. The summed E-state index contributed by atoms with van der Waals surface area (Å²) in [4.78, 5) is 14.5. The highest BCUT2D eigenvalue weighted by Crippen LogP contribution is 2.32. The zero-order chi connectivity index (χ0) is 19.8. The van der Waals surface area contributed by atoms with Crippen LogP contribution < -0.4 is 4.90 Å². The van der Waals surface area contributed by atoms with Crippen molar-refractivity contribution in [2.75, 3.05) is 11.5 Å². The highest BCUT2D eigenvalue weighted by molar-refractivity contribution is 5.76. The minimum absolute atomic E-state index is 0.224. The number of aliphatic hydroxyl groups is 1. The van der Waals surface area contributed by atoms with Gasteiger partial charge in [0, 0.05) is 12.2 Å². The molecular formula is C24H25NO3. The Balaban J connectivity index is 2.06. The highest BCUT2D eigenvalue weighted by atomic mass is 16.5. The number of hydrogen-bond donors (Lipinski definition) is 1. The van der Waals surface area contributed by atoms with E-state index in [0.717, 1.165) is 16.8 Å². The van der Waals surface area contributed by atoms with Crippen LogP contribution >= 0.6 is 0 Å². The molecule has 3 aromatic carbocycles. The molecule has 0 fully saturated rings. The van der Waals surface area contributed by atoms with Crippen LogP contribution in [0.25, 0.3) is 0 Å². The summed E-state index contributed by atoms with van der Waals surface area (Å²) < 4.78 is 5.13. The van der Waals surface area contributed by atoms with Gasteiger partial charge < -0.3 is 14.7 Å². The van der Waals surface area contributed by atoms with Crippen LogP contribution in [0.3, 0.4) is 0 Å². The summed E-state index contributed by atoms with van der Waals surface area (Å²) >= 11 is 0. The standard InChI is InChI=1S/C24H25NO3/c1-2-28-24(27)23(26)22(20-14-8-4-9-15-20)25(21-16-10-5-11-17-21)18-19-12-6-3-7-13-19/h3-17,22-23,26H,2,18H2,1H3/t22-,23-/m1/s1. The number of hydrogen-bond acceptors (Lipinski definition) is 4. The molecule has 0 heterocycles. The van der Waals surface area contributed by atoms with E-state index in [4.69, 9.17) is 4.74 Å². The maximum atomic E-state index is 12.4. The van der Waals surface area contributed by atoms with E-state index in [9.17, 15) is 9.90 Å².